The Morgan fingerprint density at radius 1 is 1.14 bits per heavy atom. The molecule has 0 radical (unpaired) electrons. The van der Waals surface area contributed by atoms with E-state index in [9.17, 15) is 15.2 Å². The number of ether oxygens (including phenoxy) is 1. The molecular weight excluding hydrogens is 270 g/mol. The van der Waals surface area contributed by atoms with Gasteiger partial charge in [0.1, 0.15) is 11.5 Å². The Labute approximate surface area is 123 Å². The van der Waals surface area contributed by atoms with E-state index in [0.29, 0.717) is 5.75 Å². The van der Waals surface area contributed by atoms with Gasteiger partial charge in [-0.15, -0.1) is 0 Å². The molecule has 0 fully saturated rings. The van der Waals surface area contributed by atoms with Crippen molar-refractivity contribution in [1.82, 2.24) is 0 Å². The second-order valence-electron chi connectivity index (χ2n) is 4.96. The van der Waals surface area contributed by atoms with Crippen molar-refractivity contribution in [1.29, 1.82) is 0 Å². The summed E-state index contributed by atoms with van der Waals surface area (Å²) in [7, 11) is 0. The van der Waals surface area contributed by atoms with Crippen LogP contribution in [0.2, 0.25) is 0 Å². The number of hydrogen-bond acceptors (Lipinski definition) is 4. The number of aliphatic hydroxyl groups is 1. The molecule has 0 amide bonds. The van der Waals surface area contributed by atoms with Crippen LogP contribution < -0.4 is 4.74 Å². The van der Waals surface area contributed by atoms with Gasteiger partial charge in [-0.05, 0) is 49.6 Å². The number of aliphatic hydroxyl groups excluding tert-OH is 1. The van der Waals surface area contributed by atoms with Gasteiger partial charge in [-0.3, -0.25) is 10.1 Å². The second kappa shape index (κ2) is 5.93. The zero-order chi connectivity index (χ0) is 15.6. The third kappa shape index (κ3) is 3.03. The summed E-state index contributed by atoms with van der Waals surface area (Å²) < 4.78 is 5.86. The molecule has 0 unspecified atom stereocenters. The number of benzene rings is 2. The molecule has 21 heavy (non-hydrogen) atoms. The van der Waals surface area contributed by atoms with E-state index in [2.05, 4.69) is 0 Å². The topological polar surface area (TPSA) is 72.6 Å². The van der Waals surface area contributed by atoms with Crippen molar-refractivity contribution in [2.24, 2.45) is 0 Å². The highest BCUT2D eigenvalue weighted by Crippen LogP contribution is 2.32. The van der Waals surface area contributed by atoms with Gasteiger partial charge < -0.3 is 9.84 Å². The lowest BCUT2D eigenvalue weighted by Crippen LogP contribution is -1.98. The molecule has 2 rings (SSSR count). The van der Waals surface area contributed by atoms with Crippen molar-refractivity contribution in [3.05, 3.63) is 62.7 Å². The van der Waals surface area contributed by atoms with E-state index in [1.807, 2.05) is 32.9 Å². The largest absolute Gasteiger partial charge is 0.457 e. The fraction of sp³-hybridized carbons (Fsp3) is 0.250. The SMILES string of the molecule is Cc1ccc(C)c(Oc2ccc([N+](=O)[O-])c(CO)c2)c1C. The molecule has 0 spiro atoms. The maximum absolute atomic E-state index is 10.9. The van der Waals surface area contributed by atoms with Crippen molar-refractivity contribution < 1.29 is 14.8 Å². The zero-order valence-electron chi connectivity index (χ0n) is 12.2. The number of aryl methyl sites for hydroxylation is 2. The Balaban J connectivity index is 2.41. The molecule has 0 aromatic heterocycles. The molecule has 0 heterocycles. The van der Waals surface area contributed by atoms with E-state index in [1.54, 1.807) is 6.07 Å². The minimum Gasteiger partial charge on any atom is -0.457 e. The quantitative estimate of drug-likeness (QED) is 0.685. The predicted octanol–water partition coefficient (Wildman–Crippen LogP) is 3.80. The highest BCUT2D eigenvalue weighted by molar-refractivity contribution is 5.50. The van der Waals surface area contributed by atoms with Gasteiger partial charge in [0.05, 0.1) is 17.1 Å². The van der Waals surface area contributed by atoms with Gasteiger partial charge in [-0.1, -0.05) is 12.1 Å². The molecule has 0 saturated heterocycles. The van der Waals surface area contributed by atoms with Crippen LogP contribution in [-0.2, 0) is 6.61 Å². The van der Waals surface area contributed by atoms with Crippen LogP contribution in [0.15, 0.2) is 30.3 Å². The summed E-state index contributed by atoms with van der Waals surface area (Å²) in [6.45, 7) is 5.51. The lowest BCUT2D eigenvalue weighted by molar-refractivity contribution is -0.385. The van der Waals surface area contributed by atoms with Gasteiger partial charge in [-0.2, -0.15) is 0 Å². The molecule has 5 heteroatoms. The summed E-state index contributed by atoms with van der Waals surface area (Å²) in [6, 6.07) is 8.38. The molecule has 110 valence electrons. The lowest BCUT2D eigenvalue weighted by atomic mass is 10.1. The van der Waals surface area contributed by atoms with Gasteiger partial charge >= 0.3 is 0 Å². The molecule has 5 nitrogen and oxygen atoms in total. The lowest BCUT2D eigenvalue weighted by Gasteiger charge is -2.14. The van der Waals surface area contributed by atoms with E-state index in [4.69, 9.17) is 4.74 Å². The Hall–Kier alpha value is -2.40. The van der Waals surface area contributed by atoms with Crippen LogP contribution >= 0.6 is 0 Å². The summed E-state index contributed by atoms with van der Waals surface area (Å²) in [5.74, 6) is 1.22. The monoisotopic (exact) mass is 287 g/mol. The maximum atomic E-state index is 10.9. The minimum absolute atomic E-state index is 0.109. The molecule has 0 saturated carbocycles. The molecule has 2 aromatic rings. The normalized spacial score (nSPS) is 10.5. The maximum Gasteiger partial charge on any atom is 0.275 e. The average molecular weight is 287 g/mol. The number of hydrogen-bond donors (Lipinski definition) is 1. The number of rotatable bonds is 4. The second-order valence-corrected chi connectivity index (χ2v) is 4.96. The van der Waals surface area contributed by atoms with E-state index in [0.717, 1.165) is 22.4 Å². The first-order chi connectivity index (χ1) is 9.93. The molecule has 0 bridgehead atoms. The Bertz CT molecular complexity index is 695. The number of nitro benzene ring substituents is 1. The van der Waals surface area contributed by atoms with Crippen molar-refractivity contribution >= 4 is 5.69 Å². The third-order valence-corrected chi connectivity index (χ3v) is 3.51. The van der Waals surface area contributed by atoms with Gasteiger partial charge in [0, 0.05) is 6.07 Å². The van der Waals surface area contributed by atoms with Crippen molar-refractivity contribution in [2.45, 2.75) is 27.4 Å². The van der Waals surface area contributed by atoms with Crippen LogP contribution in [0, 0.1) is 30.9 Å². The average Bonchev–Trinajstić information content (AvgIpc) is 2.47. The molecule has 1 N–H and O–H groups in total. The molecule has 0 aliphatic heterocycles. The van der Waals surface area contributed by atoms with E-state index < -0.39 is 11.5 Å². The smallest absolute Gasteiger partial charge is 0.275 e. The first kappa shape index (κ1) is 15.0. The molecule has 0 aliphatic rings. The van der Waals surface area contributed by atoms with Crippen LogP contribution in [0.4, 0.5) is 5.69 Å². The fourth-order valence-corrected chi connectivity index (χ4v) is 2.13. The van der Waals surface area contributed by atoms with Crippen molar-refractivity contribution in [3.8, 4) is 11.5 Å². The highest BCUT2D eigenvalue weighted by atomic mass is 16.6. The summed E-state index contributed by atoms with van der Waals surface area (Å²) in [5.41, 5.74) is 3.25. The first-order valence-electron chi connectivity index (χ1n) is 6.57. The Kier molecular flexibility index (Phi) is 4.23. The van der Waals surface area contributed by atoms with Crippen molar-refractivity contribution in [3.63, 3.8) is 0 Å². The number of nitrogens with zero attached hydrogens (tertiary/aromatic N) is 1. The van der Waals surface area contributed by atoms with Crippen LogP contribution in [0.3, 0.4) is 0 Å². The van der Waals surface area contributed by atoms with E-state index in [-0.39, 0.29) is 11.3 Å². The molecular formula is C16H17NO4. The third-order valence-electron chi connectivity index (χ3n) is 3.51. The van der Waals surface area contributed by atoms with E-state index in [1.165, 1.54) is 12.1 Å². The van der Waals surface area contributed by atoms with Crippen LogP contribution in [0.25, 0.3) is 0 Å². The summed E-state index contributed by atoms with van der Waals surface area (Å²) in [5, 5.41) is 20.1. The van der Waals surface area contributed by atoms with Crippen LogP contribution in [0.1, 0.15) is 22.3 Å². The van der Waals surface area contributed by atoms with Gasteiger partial charge in [-0.25, -0.2) is 0 Å². The summed E-state index contributed by atoms with van der Waals surface area (Å²) in [6.07, 6.45) is 0. The fourth-order valence-electron chi connectivity index (χ4n) is 2.13. The Morgan fingerprint density at radius 2 is 1.81 bits per heavy atom. The highest BCUT2D eigenvalue weighted by Gasteiger charge is 2.15. The van der Waals surface area contributed by atoms with Gasteiger partial charge in [0.2, 0.25) is 0 Å². The van der Waals surface area contributed by atoms with Crippen LogP contribution in [0.5, 0.6) is 11.5 Å². The summed E-state index contributed by atoms with van der Waals surface area (Å²) in [4.78, 5) is 10.3. The van der Waals surface area contributed by atoms with Crippen molar-refractivity contribution in [2.75, 3.05) is 0 Å². The molecule has 2 aromatic carbocycles. The predicted molar refractivity (Wildman–Crippen MR) is 79.7 cm³/mol. The van der Waals surface area contributed by atoms with Gasteiger partial charge in [0.25, 0.3) is 5.69 Å². The summed E-state index contributed by atoms with van der Waals surface area (Å²) >= 11 is 0. The van der Waals surface area contributed by atoms with Crippen LogP contribution in [-0.4, -0.2) is 10.0 Å². The first-order valence-corrected chi connectivity index (χ1v) is 6.57. The molecule has 0 aliphatic carbocycles. The molecule has 0 atom stereocenters. The Morgan fingerprint density at radius 3 is 2.43 bits per heavy atom. The zero-order valence-corrected chi connectivity index (χ0v) is 12.2. The van der Waals surface area contributed by atoms with Gasteiger partial charge in [0.15, 0.2) is 0 Å². The minimum atomic E-state index is -0.515. The van der Waals surface area contributed by atoms with E-state index >= 15 is 0 Å². The standard InChI is InChI=1S/C16H17NO4/c1-10-4-5-11(2)16(12(10)3)21-14-6-7-15(17(19)20)13(8-14)9-18/h4-8,18H,9H2,1-3H3. The number of nitro groups is 1.